The average molecular weight is 286 g/mol. The van der Waals surface area contributed by atoms with Crippen molar-refractivity contribution in [2.24, 2.45) is 0 Å². The number of rotatable bonds is 9. The van der Waals surface area contributed by atoms with Crippen LogP contribution in [-0.2, 0) is 16.1 Å². The number of hydrogen-bond donors (Lipinski definition) is 1. The van der Waals surface area contributed by atoms with Gasteiger partial charge in [0.15, 0.2) is 5.16 Å². The van der Waals surface area contributed by atoms with Crippen LogP contribution in [0.1, 0.15) is 38.3 Å². The third-order valence-electron chi connectivity index (χ3n) is 2.75. The van der Waals surface area contributed by atoms with Crippen molar-refractivity contribution in [2.45, 2.75) is 44.3 Å². The van der Waals surface area contributed by atoms with Gasteiger partial charge in [-0.25, -0.2) is 4.98 Å². The van der Waals surface area contributed by atoms with Crippen LogP contribution in [0, 0.1) is 0 Å². The summed E-state index contributed by atoms with van der Waals surface area (Å²) in [5, 5.41) is 9.55. The van der Waals surface area contributed by atoms with Gasteiger partial charge in [-0.1, -0.05) is 25.6 Å². The molecule has 1 rings (SSSR count). The Kier molecular flexibility index (Phi) is 6.94. The summed E-state index contributed by atoms with van der Waals surface area (Å²) in [7, 11) is 1.70. The van der Waals surface area contributed by atoms with Gasteiger partial charge in [0.2, 0.25) is 0 Å². The van der Waals surface area contributed by atoms with E-state index in [9.17, 15) is 4.79 Å². The van der Waals surface area contributed by atoms with E-state index in [4.69, 9.17) is 9.84 Å². The molecular formula is C13H22N2O3S. The lowest BCUT2D eigenvalue weighted by Crippen LogP contribution is -2.08. The third-order valence-corrected chi connectivity index (χ3v) is 3.72. The Morgan fingerprint density at radius 2 is 2.26 bits per heavy atom. The lowest BCUT2D eigenvalue weighted by atomic mass is 10.1. The zero-order valence-electron chi connectivity index (χ0n) is 11.8. The van der Waals surface area contributed by atoms with Crippen molar-refractivity contribution in [3.63, 3.8) is 0 Å². The Morgan fingerprint density at radius 1 is 1.53 bits per heavy atom. The highest BCUT2D eigenvalue weighted by molar-refractivity contribution is 7.99. The molecule has 0 radical (unpaired) electrons. The summed E-state index contributed by atoms with van der Waals surface area (Å²) in [5.41, 5.74) is 1.16. The number of methoxy groups -OCH3 is 1. The largest absolute Gasteiger partial charge is 0.481 e. The Balaban J connectivity index is 2.70. The molecule has 0 spiro atoms. The molecule has 0 aliphatic heterocycles. The maximum absolute atomic E-state index is 10.6. The number of carbonyl (C=O) groups is 1. The van der Waals surface area contributed by atoms with E-state index in [0.29, 0.717) is 5.92 Å². The van der Waals surface area contributed by atoms with E-state index >= 15 is 0 Å². The monoisotopic (exact) mass is 286 g/mol. The summed E-state index contributed by atoms with van der Waals surface area (Å²) in [5.74, 6) is -0.383. The van der Waals surface area contributed by atoms with Crippen molar-refractivity contribution in [3.8, 4) is 0 Å². The van der Waals surface area contributed by atoms with Crippen molar-refractivity contribution in [3.05, 3.63) is 11.9 Å². The molecule has 1 aromatic rings. The maximum atomic E-state index is 10.6. The summed E-state index contributed by atoms with van der Waals surface area (Å²) in [6, 6.07) is 0. The molecule has 1 heterocycles. The third kappa shape index (κ3) is 5.24. The molecular weight excluding hydrogens is 264 g/mol. The molecule has 0 aliphatic carbocycles. The fraction of sp³-hybridized carbons (Fsp3) is 0.692. The highest BCUT2D eigenvalue weighted by atomic mass is 32.2. The topological polar surface area (TPSA) is 64.4 Å². The van der Waals surface area contributed by atoms with Gasteiger partial charge < -0.3 is 14.4 Å². The van der Waals surface area contributed by atoms with Crippen molar-refractivity contribution in [2.75, 3.05) is 19.5 Å². The van der Waals surface area contributed by atoms with Crippen molar-refractivity contribution < 1.29 is 14.6 Å². The quantitative estimate of drug-likeness (QED) is 0.558. The van der Waals surface area contributed by atoms with Crippen LogP contribution in [-0.4, -0.2) is 40.1 Å². The molecule has 0 atom stereocenters. The lowest BCUT2D eigenvalue weighted by molar-refractivity contribution is -0.133. The number of carboxylic acid groups (broad SMARTS) is 1. The normalized spacial score (nSPS) is 11.2. The SMILES string of the molecule is COCCCCn1c(C(C)C)cnc1SCC(=O)O. The van der Waals surface area contributed by atoms with Gasteiger partial charge in [-0.15, -0.1) is 0 Å². The summed E-state index contributed by atoms with van der Waals surface area (Å²) in [4.78, 5) is 15.0. The first-order valence-electron chi connectivity index (χ1n) is 6.45. The molecule has 0 aromatic carbocycles. The van der Waals surface area contributed by atoms with Gasteiger partial charge in [0.25, 0.3) is 0 Å². The van der Waals surface area contributed by atoms with Crippen LogP contribution in [0.15, 0.2) is 11.4 Å². The first kappa shape index (κ1) is 16.0. The first-order valence-corrected chi connectivity index (χ1v) is 7.43. The van der Waals surface area contributed by atoms with Crippen LogP contribution < -0.4 is 0 Å². The van der Waals surface area contributed by atoms with E-state index in [1.807, 2.05) is 6.20 Å². The number of imidazole rings is 1. The van der Waals surface area contributed by atoms with Gasteiger partial charge in [0.1, 0.15) is 0 Å². The van der Waals surface area contributed by atoms with Gasteiger partial charge in [-0.3, -0.25) is 4.79 Å². The Labute approximate surface area is 118 Å². The molecule has 0 unspecified atom stereocenters. The van der Waals surface area contributed by atoms with Gasteiger partial charge in [0, 0.05) is 32.2 Å². The number of thioether (sulfide) groups is 1. The standard InChI is InChI=1S/C13H22N2O3S/c1-10(2)11-8-14-13(19-9-12(16)17)15(11)6-4-5-7-18-3/h8,10H,4-7,9H2,1-3H3,(H,16,17). The minimum Gasteiger partial charge on any atom is -0.481 e. The summed E-state index contributed by atoms with van der Waals surface area (Å²) in [6.07, 6.45) is 3.85. The van der Waals surface area contributed by atoms with Gasteiger partial charge >= 0.3 is 5.97 Å². The number of nitrogens with zero attached hydrogens (tertiary/aromatic N) is 2. The van der Waals surface area contributed by atoms with Crippen molar-refractivity contribution in [1.82, 2.24) is 9.55 Å². The fourth-order valence-corrected chi connectivity index (χ4v) is 2.55. The summed E-state index contributed by atoms with van der Waals surface area (Å²) < 4.78 is 7.17. The van der Waals surface area contributed by atoms with Gasteiger partial charge in [0.05, 0.1) is 5.75 Å². The average Bonchev–Trinajstić information content (AvgIpc) is 2.75. The highest BCUT2D eigenvalue weighted by Gasteiger charge is 2.13. The zero-order valence-corrected chi connectivity index (χ0v) is 12.6. The van der Waals surface area contributed by atoms with Crippen LogP contribution in [0.4, 0.5) is 0 Å². The van der Waals surface area contributed by atoms with Gasteiger partial charge in [-0.05, 0) is 18.8 Å². The smallest absolute Gasteiger partial charge is 0.313 e. The van der Waals surface area contributed by atoms with Crippen LogP contribution >= 0.6 is 11.8 Å². The molecule has 5 nitrogen and oxygen atoms in total. The van der Waals surface area contributed by atoms with E-state index in [-0.39, 0.29) is 5.75 Å². The molecule has 1 aromatic heterocycles. The van der Waals surface area contributed by atoms with E-state index in [1.54, 1.807) is 7.11 Å². The number of hydrogen-bond acceptors (Lipinski definition) is 4. The molecule has 0 aliphatic rings. The second kappa shape index (κ2) is 8.22. The Morgan fingerprint density at radius 3 is 2.84 bits per heavy atom. The minimum atomic E-state index is -0.815. The van der Waals surface area contributed by atoms with Crippen LogP contribution in [0.25, 0.3) is 0 Å². The molecule has 0 fully saturated rings. The summed E-state index contributed by atoms with van der Waals surface area (Å²) >= 11 is 1.28. The molecule has 0 saturated heterocycles. The van der Waals surface area contributed by atoms with Crippen LogP contribution in [0.5, 0.6) is 0 Å². The van der Waals surface area contributed by atoms with Crippen molar-refractivity contribution in [1.29, 1.82) is 0 Å². The fourth-order valence-electron chi connectivity index (χ4n) is 1.81. The number of ether oxygens (including phenoxy) is 1. The molecule has 108 valence electrons. The van der Waals surface area contributed by atoms with Crippen LogP contribution in [0.2, 0.25) is 0 Å². The van der Waals surface area contributed by atoms with E-state index < -0.39 is 5.97 Å². The van der Waals surface area contributed by atoms with E-state index in [2.05, 4.69) is 23.4 Å². The van der Waals surface area contributed by atoms with Crippen LogP contribution in [0.3, 0.4) is 0 Å². The lowest BCUT2D eigenvalue weighted by Gasteiger charge is -2.13. The zero-order chi connectivity index (χ0) is 14.3. The molecule has 1 N–H and O–H groups in total. The van der Waals surface area contributed by atoms with Gasteiger partial charge in [-0.2, -0.15) is 0 Å². The molecule has 0 bridgehead atoms. The number of carboxylic acids is 1. The predicted molar refractivity (Wildman–Crippen MR) is 75.8 cm³/mol. The molecule has 0 amide bonds. The molecule has 6 heteroatoms. The first-order chi connectivity index (χ1) is 9.06. The minimum absolute atomic E-state index is 0.0482. The van der Waals surface area contributed by atoms with E-state index in [0.717, 1.165) is 36.8 Å². The second-order valence-corrected chi connectivity index (χ2v) is 5.60. The predicted octanol–water partition coefficient (Wildman–Crippen LogP) is 2.61. The number of aliphatic carboxylic acids is 1. The highest BCUT2D eigenvalue weighted by Crippen LogP contribution is 2.23. The number of aromatic nitrogens is 2. The summed E-state index contributed by atoms with van der Waals surface area (Å²) in [6.45, 7) is 5.85. The Bertz CT molecular complexity index is 405. The second-order valence-electron chi connectivity index (χ2n) is 4.65. The van der Waals surface area contributed by atoms with Crippen molar-refractivity contribution >= 4 is 17.7 Å². The van der Waals surface area contributed by atoms with E-state index in [1.165, 1.54) is 11.8 Å². The Hall–Kier alpha value is -1.01. The molecule has 19 heavy (non-hydrogen) atoms. The maximum Gasteiger partial charge on any atom is 0.313 e. The number of unbranched alkanes of at least 4 members (excludes halogenated alkanes) is 1. The molecule has 0 saturated carbocycles.